The van der Waals surface area contributed by atoms with Gasteiger partial charge in [-0.1, -0.05) is 5.16 Å². The van der Waals surface area contributed by atoms with E-state index in [0.717, 1.165) is 24.0 Å². The van der Waals surface area contributed by atoms with Crippen LogP contribution in [0.15, 0.2) is 29.4 Å². The highest BCUT2D eigenvalue weighted by atomic mass is 16.5. The molecule has 6 nitrogen and oxygen atoms in total. The van der Waals surface area contributed by atoms with E-state index in [4.69, 9.17) is 4.52 Å². The summed E-state index contributed by atoms with van der Waals surface area (Å²) >= 11 is 0. The molecule has 1 N–H and O–H groups in total. The van der Waals surface area contributed by atoms with Crippen LogP contribution in [0.3, 0.4) is 0 Å². The third kappa shape index (κ3) is 2.37. The van der Waals surface area contributed by atoms with Crippen LogP contribution in [-0.2, 0) is 11.2 Å². The minimum absolute atomic E-state index is 0.150. The molecule has 0 aromatic carbocycles. The lowest BCUT2D eigenvalue weighted by molar-refractivity contribution is -0.115. The standard InChI is InChI=1S/C12H12N4O2/c17-11(3-8-4-13-7-14-5-8)16-12-10(6-15-18-12)9-1-2-9/h4-7,9H,1-3H2,(H,16,17). The maximum Gasteiger partial charge on any atom is 0.234 e. The van der Waals surface area contributed by atoms with E-state index in [1.165, 1.54) is 6.33 Å². The van der Waals surface area contributed by atoms with Gasteiger partial charge in [0.05, 0.1) is 12.6 Å². The van der Waals surface area contributed by atoms with Crippen LogP contribution >= 0.6 is 0 Å². The molecule has 6 heteroatoms. The summed E-state index contributed by atoms with van der Waals surface area (Å²) in [6.07, 6.45) is 8.85. The van der Waals surface area contributed by atoms with Gasteiger partial charge in [-0.15, -0.1) is 0 Å². The van der Waals surface area contributed by atoms with Crippen LogP contribution in [0.2, 0.25) is 0 Å². The normalized spacial score (nSPS) is 14.4. The van der Waals surface area contributed by atoms with Crippen LogP contribution in [0.25, 0.3) is 0 Å². The highest BCUT2D eigenvalue weighted by Gasteiger charge is 2.29. The number of aromatic nitrogens is 3. The summed E-state index contributed by atoms with van der Waals surface area (Å²) in [5.74, 6) is 0.814. The second kappa shape index (κ2) is 4.56. The van der Waals surface area contributed by atoms with Crippen molar-refractivity contribution in [2.24, 2.45) is 0 Å². The summed E-state index contributed by atoms with van der Waals surface area (Å²) in [6, 6.07) is 0. The first-order valence-corrected chi connectivity index (χ1v) is 5.81. The number of nitrogens with one attached hydrogen (secondary N) is 1. The Kier molecular flexibility index (Phi) is 2.76. The Balaban J connectivity index is 1.65. The smallest absolute Gasteiger partial charge is 0.234 e. The van der Waals surface area contributed by atoms with Crippen molar-refractivity contribution in [1.82, 2.24) is 15.1 Å². The van der Waals surface area contributed by atoms with Crippen molar-refractivity contribution in [3.05, 3.63) is 36.0 Å². The van der Waals surface area contributed by atoms with Gasteiger partial charge in [-0.3, -0.25) is 10.1 Å². The lowest BCUT2D eigenvalue weighted by Gasteiger charge is -2.02. The fraction of sp³-hybridized carbons (Fsp3) is 0.333. The first-order valence-electron chi connectivity index (χ1n) is 5.81. The van der Waals surface area contributed by atoms with Crippen LogP contribution in [-0.4, -0.2) is 21.0 Å². The highest BCUT2D eigenvalue weighted by Crippen LogP contribution is 2.43. The molecule has 0 unspecified atom stereocenters. The molecule has 1 aliphatic rings. The summed E-state index contributed by atoms with van der Waals surface area (Å²) < 4.78 is 5.06. The van der Waals surface area contributed by atoms with Gasteiger partial charge in [-0.05, 0) is 24.3 Å². The summed E-state index contributed by atoms with van der Waals surface area (Å²) in [7, 11) is 0. The van der Waals surface area contributed by atoms with E-state index in [-0.39, 0.29) is 12.3 Å². The second-order valence-corrected chi connectivity index (χ2v) is 4.36. The number of hydrogen-bond acceptors (Lipinski definition) is 5. The quantitative estimate of drug-likeness (QED) is 0.881. The van der Waals surface area contributed by atoms with Gasteiger partial charge in [0.25, 0.3) is 0 Å². The average molecular weight is 244 g/mol. The molecular weight excluding hydrogens is 232 g/mol. The Labute approximate surface area is 103 Å². The molecule has 1 fully saturated rings. The SMILES string of the molecule is O=C(Cc1cncnc1)Nc1oncc1C1CC1. The van der Waals surface area contributed by atoms with Crippen LogP contribution in [0.4, 0.5) is 5.88 Å². The molecule has 0 saturated heterocycles. The number of anilines is 1. The lowest BCUT2D eigenvalue weighted by atomic mass is 10.2. The largest absolute Gasteiger partial charge is 0.338 e. The van der Waals surface area contributed by atoms with E-state index in [9.17, 15) is 4.79 Å². The van der Waals surface area contributed by atoms with E-state index in [2.05, 4.69) is 20.4 Å². The third-order valence-corrected chi connectivity index (χ3v) is 2.85. The predicted molar refractivity (Wildman–Crippen MR) is 62.8 cm³/mol. The molecule has 0 atom stereocenters. The molecule has 0 aliphatic heterocycles. The van der Waals surface area contributed by atoms with Crippen LogP contribution < -0.4 is 5.32 Å². The van der Waals surface area contributed by atoms with Crippen molar-refractivity contribution < 1.29 is 9.32 Å². The number of carbonyl (C=O) groups is 1. The van der Waals surface area contributed by atoms with Gasteiger partial charge in [0, 0.05) is 18.0 Å². The van der Waals surface area contributed by atoms with E-state index in [0.29, 0.717) is 11.8 Å². The molecule has 0 bridgehead atoms. The van der Waals surface area contributed by atoms with E-state index in [1.54, 1.807) is 18.6 Å². The topological polar surface area (TPSA) is 80.9 Å². The lowest BCUT2D eigenvalue weighted by Crippen LogP contribution is -2.15. The second-order valence-electron chi connectivity index (χ2n) is 4.36. The van der Waals surface area contributed by atoms with Crippen molar-refractivity contribution in [2.45, 2.75) is 25.2 Å². The summed E-state index contributed by atoms with van der Waals surface area (Å²) in [5.41, 5.74) is 1.76. The zero-order valence-electron chi connectivity index (χ0n) is 9.67. The summed E-state index contributed by atoms with van der Waals surface area (Å²) in [6.45, 7) is 0. The zero-order valence-corrected chi connectivity index (χ0v) is 9.67. The maximum atomic E-state index is 11.8. The molecule has 3 rings (SSSR count). The average Bonchev–Trinajstić information content (AvgIpc) is 3.12. The number of rotatable bonds is 4. The minimum Gasteiger partial charge on any atom is -0.338 e. The molecule has 1 aliphatic carbocycles. The molecule has 0 spiro atoms. The van der Waals surface area contributed by atoms with Gasteiger partial charge in [0.15, 0.2) is 0 Å². The van der Waals surface area contributed by atoms with Crippen molar-refractivity contribution in [3.8, 4) is 0 Å². The molecule has 1 saturated carbocycles. The van der Waals surface area contributed by atoms with E-state index in [1.807, 2.05) is 0 Å². The van der Waals surface area contributed by atoms with Crippen molar-refractivity contribution in [1.29, 1.82) is 0 Å². The third-order valence-electron chi connectivity index (χ3n) is 2.85. The van der Waals surface area contributed by atoms with Gasteiger partial charge < -0.3 is 4.52 Å². The molecule has 92 valence electrons. The summed E-state index contributed by atoms with van der Waals surface area (Å²) in [4.78, 5) is 19.5. The Morgan fingerprint density at radius 1 is 1.33 bits per heavy atom. The Morgan fingerprint density at radius 3 is 2.83 bits per heavy atom. The molecule has 2 aromatic heterocycles. The van der Waals surface area contributed by atoms with Crippen LogP contribution in [0.1, 0.15) is 29.9 Å². The Bertz CT molecular complexity index is 548. The molecular formula is C12H12N4O2. The number of carbonyl (C=O) groups excluding carboxylic acids is 1. The molecule has 0 radical (unpaired) electrons. The van der Waals surface area contributed by atoms with Gasteiger partial charge in [-0.2, -0.15) is 0 Å². The fourth-order valence-electron chi connectivity index (χ4n) is 1.80. The zero-order chi connectivity index (χ0) is 12.4. The van der Waals surface area contributed by atoms with Crippen LogP contribution in [0, 0.1) is 0 Å². The number of hydrogen-bond donors (Lipinski definition) is 1. The Morgan fingerprint density at radius 2 is 2.11 bits per heavy atom. The minimum atomic E-state index is -0.150. The summed E-state index contributed by atoms with van der Waals surface area (Å²) in [5, 5.41) is 6.47. The Hall–Kier alpha value is -2.24. The number of amides is 1. The maximum absolute atomic E-state index is 11.8. The van der Waals surface area contributed by atoms with Crippen molar-refractivity contribution in [3.63, 3.8) is 0 Å². The molecule has 18 heavy (non-hydrogen) atoms. The van der Waals surface area contributed by atoms with Gasteiger partial charge in [-0.25, -0.2) is 9.97 Å². The van der Waals surface area contributed by atoms with Gasteiger partial charge in [0.2, 0.25) is 11.8 Å². The van der Waals surface area contributed by atoms with E-state index < -0.39 is 0 Å². The van der Waals surface area contributed by atoms with Gasteiger partial charge in [0.1, 0.15) is 6.33 Å². The predicted octanol–water partition coefficient (Wildman–Crippen LogP) is 1.52. The van der Waals surface area contributed by atoms with Crippen molar-refractivity contribution in [2.75, 3.05) is 5.32 Å². The highest BCUT2D eigenvalue weighted by molar-refractivity contribution is 5.91. The number of nitrogens with zero attached hydrogens (tertiary/aromatic N) is 3. The molecule has 2 heterocycles. The molecule has 1 amide bonds. The molecule has 2 aromatic rings. The van der Waals surface area contributed by atoms with Crippen LogP contribution in [0.5, 0.6) is 0 Å². The fourth-order valence-corrected chi connectivity index (χ4v) is 1.80. The first kappa shape index (κ1) is 10.9. The van der Waals surface area contributed by atoms with Crippen molar-refractivity contribution >= 4 is 11.8 Å². The first-order chi connectivity index (χ1) is 8.83. The van der Waals surface area contributed by atoms with Gasteiger partial charge >= 0.3 is 0 Å². The van der Waals surface area contributed by atoms with E-state index >= 15 is 0 Å². The monoisotopic (exact) mass is 244 g/mol.